The summed E-state index contributed by atoms with van der Waals surface area (Å²) in [4.78, 5) is 10.7. The van der Waals surface area contributed by atoms with Crippen LogP contribution in [0.3, 0.4) is 0 Å². The first-order valence-electron chi connectivity index (χ1n) is 7.13. The summed E-state index contributed by atoms with van der Waals surface area (Å²) in [6.07, 6.45) is 1.51. The Morgan fingerprint density at radius 3 is 2.77 bits per heavy atom. The molecule has 3 N–H and O–H groups in total. The smallest absolute Gasteiger partial charge is 0.159 e. The van der Waals surface area contributed by atoms with Gasteiger partial charge in [0.2, 0.25) is 0 Å². The van der Waals surface area contributed by atoms with Crippen LogP contribution in [-0.2, 0) is 4.74 Å². The molecule has 0 saturated carbocycles. The van der Waals surface area contributed by atoms with Crippen LogP contribution in [0.25, 0.3) is 0 Å². The first-order valence-corrected chi connectivity index (χ1v) is 7.13. The molecule has 1 saturated heterocycles. The monoisotopic (exact) mass is 301 g/mol. The van der Waals surface area contributed by atoms with Gasteiger partial charge in [0.15, 0.2) is 11.6 Å². The molecule has 1 aromatic heterocycles. The SMILES string of the molecule is COc1ccccc1Nc1ncnc(N2CCOCC2)c1N. The van der Waals surface area contributed by atoms with Crippen molar-refractivity contribution in [1.82, 2.24) is 9.97 Å². The highest BCUT2D eigenvalue weighted by Gasteiger charge is 2.18. The number of aromatic nitrogens is 2. The van der Waals surface area contributed by atoms with Gasteiger partial charge in [0.05, 0.1) is 26.0 Å². The summed E-state index contributed by atoms with van der Waals surface area (Å²) in [5, 5.41) is 3.21. The molecule has 1 fully saturated rings. The minimum Gasteiger partial charge on any atom is -0.495 e. The van der Waals surface area contributed by atoms with E-state index < -0.39 is 0 Å². The fourth-order valence-electron chi connectivity index (χ4n) is 2.39. The molecule has 0 spiro atoms. The Balaban J connectivity index is 1.88. The molecule has 0 amide bonds. The molecule has 7 nitrogen and oxygen atoms in total. The summed E-state index contributed by atoms with van der Waals surface area (Å²) in [6, 6.07) is 7.62. The van der Waals surface area contributed by atoms with Gasteiger partial charge in [0.25, 0.3) is 0 Å². The lowest BCUT2D eigenvalue weighted by Crippen LogP contribution is -2.37. The van der Waals surface area contributed by atoms with E-state index in [-0.39, 0.29) is 0 Å². The topological polar surface area (TPSA) is 85.5 Å². The number of hydrogen-bond acceptors (Lipinski definition) is 7. The summed E-state index contributed by atoms with van der Waals surface area (Å²) in [5.41, 5.74) is 7.57. The number of para-hydroxylation sites is 2. The van der Waals surface area contributed by atoms with Crippen molar-refractivity contribution in [2.75, 3.05) is 49.4 Å². The number of ether oxygens (including phenoxy) is 2. The van der Waals surface area contributed by atoms with Crippen LogP contribution in [0.2, 0.25) is 0 Å². The molecule has 2 aromatic rings. The van der Waals surface area contributed by atoms with Crippen molar-refractivity contribution in [3.63, 3.8) is 0 Å². The average Bonchev–Trinajstić information content (AvgIpc) is 2.58. The van der Waals surface area contributed by atoms with E-state index in [0.29, 0.717) is 24.7 Å². The number of nitrogens with two attached hydrogens (primary N) is 1. The number of anilines is 4. The minimum atomic E-state index is 0.523. The summed E-state index contributed by atoms with van der Waals surface area (Å²) < 4.78 is 10.7. The molecule has 2 heterocycles. The van der Waals surface area contributed by atoms with Gasteiger partial charge in [0.1, 0.15) is 17.8 Å². The van der Waals surface area contributed by atoms with Crippen molar-refractivity contribution < 1.29 is 9.47 Å². The van der Waals surface area contributed by atoms with E-state index in [2.05, 4.69) is 20.2 Å². The third kappa shape index (κ3) is 2.89. The van der Waals surface area contributed by atoms with Gasteiger partial charge in [0, 0.05) is 13.1 Å². The highest BCUT2D eigenvalue weighted by molar-refractivity contribution is 5.79. The predicted octanol–water partition coefficient (Wildman–Crippen LogP) is 1.65. The fourth-order valence-corrected chi connectivity index (χ4v) is 2.39. The first-order chi connectivity index (χ1) is 10.8. The zero-order valence-corrected chi connectivity index (χ0v) is 12.5. The van der Waals surface area contributed by atoms with E-state index in [1.54, 1.807) is 7.11 Å². The average molecular weight is 301 g/mol. The van der Waals surface area contributed by atoms with Crippen LogP contribution in [0.15, 0.2) is 30.6 Å². The van der Waals surface area contributed by atoms with Gasteiger partial charge < -0.3 is 25.4 Å². The molecule has 3 rings (SSSR count). The van der Waals surface area contributed by atoms with Crippen molar-refractivity contribution in [2.24, 2.45) is 0 Å². The van der Waals surface area contributed by atoms with E-state index in [1.165, 1.54) is 6.33 Å². The summed E-state index contributed by atoms with van der Waals surface area (Å²) in [5.74, 6) is 2.03. The van der Waals surface area contributed by atoms with Crippen LogP contribution in [0.5, 0.6) is 5.75 Å². The molecule has 1 aliphatic rings. The molecule has 7 heteroatoms. The Kier molecular flexibility index (Phi) is 4.24. The molecule has 0 atom stereocenters. The Morgan fingerprint density at radius 2 is 2.00 bits per heavy atom. The maximum atomic E-state index is 6.24. The number of morpholine rings is 1. The molecular formula is C15H19N5O2. The second-order valence-corrected chi connectivity index (χ2v) is 4.88. The van der Waals surface area contributed by atoms with Gasteiger partial charge in [-0.3, -0.25) is 0 Å². The second kappa shape index (κ2) is 6.48. The highest BCUT2D eigenvalue weighted by Crippen LogP contribution is 2.32. The Hall–Kier alpha value is -2.54. The number of hydrogen-bond donors (Lipinski definition) is 2. The van der Waals surface area contributed by atoms with E-state index in [4.69, 9.17) is 15.2 Å². The zero-order valence-electron chi connectivity index (χ0n) is 12.5. The molecule has 0 aliphatic carbocycles. The van der Waals surface area contributed by atoms with Crippen LogP contribution in [0.4, 0.5) is 23.0 Å². The molecule has 0 radical (unpaired) electrons. The fraction of sp³-hybridized carbons (Fsp3) is 0.333. The molecule has 1 aliphatic heterocycles. The summed E-state index contributed by atoms with van der Waals surface area (Å²) in [7, 11) is 1.63. The Labute approximate surface area is 129 Å². The lowest BCUT2D eigenvalue weighted by Gasteiger charge is -2.29. The number of nitrogen functional groups attached to an aromatic ring is 1. The third-order valence-electron chi connectivity index (χ3n) is 3.53. The van der Waals surface area contributed by atoms with Crippen molar-refractivity contribution in [3.8, 4) is 5.75 Å². The molecule has 22 heavy (non-hydrogen) atoms. The third-order valence-corrected chi connectivity index (χ3v) is 3.53. The lowest BCUT2D eigenvalue weighted by molar-refractivity contribution is 0.122. The number of methoxy groups -OCH3 is 1. The number of nitrogens with one attached hydrogen (secondary N) is 1. The van der Waals surface area contributed by atoms with Gasteiger partial charge >= 0.3 is 0 Å². The van der Waals surface area contributed by atoms with Gasteiger partial charge in [-0.15, -0.1) is 0 Å². The van der Waals surface area contributed by atoms with E-state index in [9.17, 15) is 0 Å². The van der Waals surface area contributed by atoms with Crippen molar-refractivity contribution >= 4 is 23.0 Å². The van der Waals surface area contributed by atoms with Crippen LogP contribution >= 0.6 is 0 Å². The van der Waals surface area contributed by atoms with Crippen LogP contribution < -0.4 is 20.7 Å². The minimum absolute atomic E-state index is 0.523. The summed E-state index contributed by atoms with van der Waals surface area (Å²) in [6.45, 7) is 2.90. The van der Waals surface area contributed by atoms with Crippen molar-refractivity contribution in [3.05, 3.63) is 30.6 Å². The van der Waals surface area contributed by atoms with E-state index in [1.807, 2.05) is 24.3 Å². The van der Waals surface area contributed by atoms with Gasteiger partial charge in [-0.2, -0.15) is 0 Å². The molecular weight excluding hydrogens is 282 g/mol. The van der Waals surface area contributed by atoms with Gasteiger partial charge in [-0.25, -0.2) is 9.97 Å². The van der Waals surface area contributed by atoms with Gasteiger partial charge in [-0.1, -0.05) is 12.1 Å². The molecule has 1 aromatic carbocycles. The largest absolute Gasteiger partial charge is 0.495 e. The van der Waals surface area contributed by atoms with E-state index in [0.717, 1.165) is 30.3 Å². The maximum absolute atomic E-state index is 6.24. The predicted molar refractivity (Wildman–Crippen MR) is 85.8 cm³/mol. The maximum Gasteiger partial charge on any atom is 0.159 e. The zero-order chi connectivity index (χ0) is 15.4. The number of rotatable bonds is 4. The van der Waals surface area contributed by atoms with Crippen molar-refractivity contribution in [2.45, 2.75) is 0 Å². The lowest BCUT2D eigenvalue weighted by atomic mass is 10.3. The van der Waals surface area contributed by atoms with Crippen LogP contribution in [0.1, 0.15) is 0 Å². The Morgan fingerprint density at radius 1 is 1.23 bits per heavy atom. The van der Waals surface area contributed by atoms with E-state index >= 15 is 0 Å². The highest BCUT2D eigenvalue weighted by atomic mass is 16.5. The summed E-state index contributed by atoms with van der Waals surface area (Å²) >= 11 is 0. The Bertz CT molecular complexity index is 644. The molecule has 0 unspecified atom stereocenters. The normalized spacial score (nSPS) is 14.7. The molecule has 0 bridgehead atoms. The van der Waals surface area contributed by atoms with Gasteiger partial charge in [-0.05, 0) is 12.1 Å². The van der Waals surface area contributed by atoms with Crippen LogP contribution in [-0.4, -0.2) is 43.4 Å². The standard InChI is InChI=1S/C15H19N5O2/c1-21-12-5-3-2-4-11(12)19-14-13(16)15(18-10-17-14)20-6-8-22-9-7-20/h2-5,10H,6-9,16H2,1H3,(H,17,18,19). The van der Waals surface area contributed by atoms with Crippen LogP contribution in [0, 0.1) is 0 Å². The number of benzene rings is 1. The molecule has 116 valence electrons. The number of nitrogens with zero attached hydrogens (tertiary/aromatic N) is 3. The quantitative estimate of drug-likeness (QED) is 0.888. The first kappa shape index (κ1) is 14.4. The second-order valence-electron chi connectivity index (χ2n) is 4.88. The van der Waals surface area contributed by atoms with Crippen molar-refractivity contribution in [1.29, 1.82) is 0 Å².